The maximum atomic E-state index is 9.00. The Morgan fingerprint density at radius 1 is 0.923 bits per heavy atom. The van der Waals surface area contributed by atoms with Crippen LogP contribution in [0.25, 0.3) is 0 Å². The molecule has 0 heterocycles. The van der Waals surface area contributed by atoms with Gasteiger partial charge in [0, 0.05) is 18.9 Å². The van der Waals surface area contributed by atoms with Gasteiger partial charge in [0.25, 0.3) is 5.97 Å². The van der Waals surface area contributed by atoms with Gasteiger partial charge in [-0.2, -0.15) is 0 Å². The summed E-state index contributed by atoms with van der Waals surface area (Å²) in [6.45, 7) is 3.03. The summed E-state index contributed by atoms with van der Waals surface area (Å²) >= 11 is 0. The molecule has 0 atom stereocenters. The summed E-state index contributed by atoms with van der Waals surface area (Å²) in [5.41, 5.74) is 0. The second-order valence-corrected chi connectivity index (χ2v) is 1.50. The van der Waals surface area contributed by atoms with E-state index in [9.17, 15) is 0 Å². The van der Waals surface area contributed by atoms with E-state index in [1.807, 2.05) is 0 Å². The third-order valence-corrected chi connectivity index (χ3v) is 0. The van der Waals surface area contributed by atoms with Gasteiger partial charge < -0.3 is 24.9 Å². The maximum Gasteiger partial charge on any atom is 2.00 e. The fourth-order valence-corrected chi connectivity index (χ4v) is 0. The molecule has 0 radical (unpaired) electrons. The standard InChI is InChI=1S/3C2H4O2.Fe/c3*1-2(3)4;/h3*1H3,(H,3,4);/q;;;+2/p-2. The van der Waals surface area contributed by atoms with Crippen LogP contribution in [0.15, 0.2) is 0 Å². The molecule has 0 aromatic heterocycles. The van der Waals surface area contributed by atoms with Gasteiger partial charge >= 0.3 is 17.1 Å². The van der Waals surface area contributed by atoms with E-state index < -0.39 is 17.9 Å². The zero-order valence-electron chi connectivity index (χ0n) is 7.34. The van der Waals surface area contributed by atoms with E-state index in [2.05, 4.69) is 0 Å². The van der Waals surface area contributed by atoms with Crippen molar-refractivity contribution in [3.8, 4) is 0 Å². The molecule has 0 saturated carbocycles. The summed E-state index contributed by atoms with van der Waals surface area (Å²) in [5.74, 6) is -3.00. The van der Waals surface area contributed by atoms with Crippen LogP contribution in [-0.2, 0) is 31.5 Å². The predicted octanol–water partition coefficient (Wildman–Crippen LogP) is -2.40. The number of carbonyl (C=O) groups excluding carboxylic acids is 2. The Hall–Kier alpha value is -1.07. The molecule has 0 aliphatic heterocycles. The van der Waals surface area contributed by atoms with E-state index in [1.54, 1.807) is 0 Å². The van der Waals surface area contributed by atoms with Crippen LogP contribution < -0.4 is 10.2 Å². The van der Waals surface area contributed by atoms with E-state index >= 15 is 0 Å². The molecule has 0 aliphatic rings. The number of carboxylic acid groups (broad SMARTS) is 3. The first-order valence-electron chi connectivity index (χ1n) is 2.74. The third kappa shape index (κ3) is 760. The molecule has 0 amide bonds. The average Bonchev–Trinajstić information content (AvgIpc) is 1.54. The number of hydrogen-bond donors (Lipinski definition) is 1. The third-order valence-electron chi connectivity index (χ3n) is 0. The van der Waals surface area contributed by atoms with Crippen molar-refractivity contribution in [1.82, 2.24) is 0 Å². The minimum absolute atomic E-state index is 0. The number of carboxylic acids is 3. The minimum Gasteiger partial charge on any atom is -0.550 e. The molecule has 6 nitrogen and oxygen atoms in total. The van der Waals surface area contributed by atoms with Crippen molar-refractivity contribution in [1.29, 1.82) is 0 Å². The summed E-state index contributed by atoms with van der Waals surface area (Å²) in [4.78, 5) is 26.8. The van der Waals surface area contributed by atoms with Gasteiger partial charge in [0.1, 0.15) is 0 Å². The van der Waals surface area contributed by atoms with Crippen molar-refractivity contribution < 1.29 is 46.8 Å². The molecule has 0 rings (SSSR count). The molecule has 7 heteroatoms. The Kier molecular flexibility index (Phi) is 29.9. The monoisotopic (exact) mass is 234 g/mol. The molecule has 0 aromatic carbocycles. The van der Waals surface area contributed by atoms with Crippen molar-refractivity contribution in [2.24, 2.45) is 0 Å². The normalized spacial score (nSPS) is 5.77. The van der Waals surface area contributed by atoms with Crippen LogP contribution in [0.2, 0.25) is 0 Å². The smallest absolute Gasteiger partial charge is 0.550 e. The fraction of sp³-hybridized carbons (Fsp3) is 0.500. The molecule has 78 valence electrons. The number of hydrogen-bond acceptors (Lipinski definition) is 5. The van der Waals surface area contributed by atoms with Crippen LogP contribution in [0.3, 0.4) is 0 Å². The first-order chi connectivity index (χ1) is 5.20. The van der Waals surface area contributed by atoms with Gasteiger partial charge in [-0.3, -0.25) is 4.79 Å². The van der Waals surface area contributed by atoms with Gasteiger partial charge in [0.15, 0.2) is 0 Å². The molecule has 0 saturated heterocycles. The van der Waals surface area contributed by atoms with E-state index in [0.717, 1.165) is 20.8 Å². The Morgan fingerprint density at radius 3 is 0.923 bits per heavy atom. The van der Waals surface area contributed by atoms with Gasteiger partial charge in [-0.25, -0.2) is 0 Å². The summed E-state index contributed by atoms with van der Waals surface area (Å²) in [7, 11) is 0. The maximum absolute atomic E-state index is 9.00. The Morgan fingerprint density at radius 2 is 0.923 bits per heavy atom. The van der Waals surface area contributed by atoms with Crippen LogP contribution >= 0.6 is 0 Å². The second kappa shape index (κ2) is 17.1. The van der Waals surface area contributed by atoms with Crippen molar-refractivity contribution in [2.45, 2.75) is 20.8 Å². The SMILES string of the molecule is CC(=O)O.CC(=O)[O-].CC(=O)[O-].[Fe+2]. The van der Waals surface area contributed by atoms with E-state index in [0.29, 0.717) is 0 Å². The van der Waals surface area contributed by atoms with E-state index in [4.69, 9.17) is 29.7 Å². The topological polar surface area (TPSA) is 118 Å². The van der Waals surface area contributed by atoms with Crippen LogP contribution in [0.5, 0.6) is 0 Å². The Labute approximate surface area is 86.0 Å². The molecule has 0 aliphatic carbocycles. The van der Waals surface area contributed by atoms with Gasteiger partial charge in [-0.15, -0.1) is 0 Å². The number of carbonyl (C=O) groups is 3. The first kappa shape index (κ1) is 22.7. The van der Waals surface area contributed by atoms with Crippen LogP contribution in [-0.4, -0.2) is 23.0 Å². The molecule has 0 aromatic rings. The van der Waals surface area contributed by atoms with Crippen LogP contribution in [0.1, 0.15) is 20.8 Å². The molecule has 0 spiro atoms. The molecule has 1 N–H and O–H groups in total. The van der Waals surface area contributed by atoms with Crippen LogP contribution in [0, 0.1) is 0 Å². The summed E-state index contributed by atoms with van der Waals surface area (Å²) in [5, 5.41) is 25.2. The molecule has 0 bridgehead atoms. The van der Waals surface area contributed by atoms with Crippen molar-refractivity contribution >= 4 is 17.9 Å². The van der Waals surface area contributed by atoms with Gasteiger partial charge in [0.2, 0.25) is 0 Å². The molecular weight excluding hydrogens is 224 g/mol. The van der Waals surface area contributed by atoms with E-state index in [1.165, 1.54) is 0 Å². The second-order valence-electron chi connectivity index (χ2n) is 1.50. The zero-order chi connectivity index (χ0) is 10.7. The number of aliphatic carboxylic acids is 3. The van der Waals surface area contributed by atoms with Gasteiger partial charge in [-0.05, 0) is 13.8 Å². The molecular formula is C6H10FeO6. The first-order valence-corrected chi connectivity index (χ1v) is 2.74. The number of rotatable bonds is 0. The summed E-state index contributed by atoms with van der Waals surface area (Å²) < 4.78 is 0. The molecule has 0 fully saturated rings. The van der Waals surface area contributed by atoms with E-state index in [-0.39, 0.29) is 17.1 Å². The zero-order valence-corrected chi connectivity index (χ0v) is 8.45. The average molecular weight is 234 g/mol. The van der Waals surface area contributed by atoms with Crippen molar-refractivity contribution in [3.05, 3.63) is 0 Å². The summed E-state index contributed by atoms with van der Waals surface area (Å²) in [6.07, 6.45) is 0. The predicted molar refractivity (Wildman–Crippen MR) is 34.7 cm³/mol. The van der Waals surface area contributed by atoms with Crippen LogP contribution in [0.4, 0.5) is 0 Å². The Bertz CT molecular complexity index is 115. The van der Waals surface area contributed by atoms with Crippen molar-refractivity contribution in [2.75, 3.05) is 0 Å². The molecule has 13 heavy (non-hydrogen) atoms. The largest absolute Gasteiger partial charge is 2.00 e. The quantitative estimate of drug-likeness (QED) is 0.467. The van der Waals surface area contributed by atoms with Gasteiger partial charge in [-0.1, -0.05) is 0 Å². The Balaban J connectivity index is -0.0000000450. The van der Waals surface area contributed by atoms with Crippen molar-refractivity contribution in [3.63, 3.8) is 0 Å². The fourth-order valence-electron chi connectivity index (χ4n) is 0. The summed E-state index contributed by atoms with van der Waals surface area (Å²) in [6, 6.07) is 0. The van der Waals surface area contributed by atoms with Gasteiger partial charge in [0.05, 0.1) is 0 Å². The minimum atomic E-state index is -1.08. The molecule has 0 unspecified atom stereocenters.